The largest absolute Gasteiger partial charge is 0.383 e. The second-order valence-electron chi connectivity index (χ2n) is 8.78. The summed E-state index contributed by atoms with van der Waals surface area (Å²) in [5, 5.41) is 9.93. The van der Waals surface area contributed by atoms with Crippen LogP contribution in [0.3, 0.4) is 0 Å². The highest BCUT2D eigenvalue weighted by atomic mass is 16.5. The van der Waals surface area contributed by atoms with E-state index in [0.29, 0.717) is 45.9 Å². The van der Waals surface area contributed by atoms with Crippen LogP contribution in [0.15, 0.2) is 17.0 Å². The van der Waals surface area contributed by atoms with Crippen molar-refractivity contribution in [1.29, 1.82) is 0 Å². The summed E-state index contributed by atoms with van der Waals surface area (Å²) in [4.78, 5) is 18.1. The minimum absolute atomic E-state index is 0.0904. The Bertz CT molecular complexity index is 1280. The molecule has 0 amide bonds. The Balaban J connectivity index is 1.77. The highest BCUT2D eigenvalue weighted by Gasteiger charge is 2.36. The molecule has 1 saturated carbocycles. The summed E-state index contributed by atoms with van der Waals surface area (Å²) in [6.07, 6.45) is 5.49. The second-order valence-corrected chi connectivity index (χ2v) is 8.78. The predicted molar refractivity (Wildman–Crippen MR) is 117 cm³/mol. The highest BCUT2D eigenvalue weighted by Crippen LogP contribution is 2.48. The van der Waals surface area contributed by atoms with Crippen molar-refractivity contribution < 1.29 is 4.52 Å². The molecule has 4 heterocycles. The third kappa shape index (κ3) is 3.15. The molecule has 0 bridgehead atoms. The normalized spacial score (nSPS) is 14.3. The number of hydrogen-bond acceptors (Lipinski definition) is 8. The molecule has 0 aliphatic heterocycles. The summed E-state index contributed by atoms with van der Waals surface area (Å²) in [6.45, 7) is 10.4. The Hall–Kier alpha value is -3.36. The molecule has 0 radical (unpaired) electrons. The molecule has 0 aromatic carbocycles. The van der Waals surface area contributed by atoms with Crippen molar-refractivity contribution in [2.75, 3.05) is 5.73 Å². The zero-order chi connectivity index (χ0) is 21.9. The van der Waals surface area contributed by atoms with Crippen molar-refractivity contribution >= 4 is 16.9 Å². The van der Waals surface area contributed by atoms with E-state index in [-0.39, 0.29) is 6.04 Å². The molecular formula is C22H26N8O. The zero-order valence-electron chi connectivity index (χ0n) is 18.4. The molecule has 1 aliphatic rings. The highest BCUT2D eigenvalue weighted by molar-refractivity contribution is 6.00. The number of fused-ring (bicyclic) bond motifs is 1. The van der Waals surface area contributed by atoms with E-state index in [0.717, 1.165) is 35.4 Å². The quantitative estimate of drug-likeness (QED) is 0.506. The van der Waals surface area contributed by atoms with Gasteiger partial charge in [0.25, 0.3) is 0 Å². The van der Waals surface area contributed by atoms with Crippen molar-refractivity contribution in [3.8, 4) is 22.8 Å². The van der Waals surface area contributed by atoms with Gasteiger partial charge in [-0.25, -0.2) is 24.6 Å². The van der Waals surface area contributed by atoms with Gasteiger partial charge in [-0.3, -0.25) is 0 Å². The van der Waals surface area contributed by atoms with E-state index in [9.17, 15) is 0 Å². The maximum absolute atomic E-state index is 6.26. The van der Waals surface area contributed by atoms with E-state index >= 15 is 0 Å². The Kier molecular flexibility index (Phi) is 4.49. The fraction of sp³-hybridized carbons (Fsp3) is 0.455. The molecule has 0 atom stereocenters. The summed E-state index contributed by atoms with van der Waals surface area (Å²) in [5.74, 6) is 2.46. The summed E-state index contributed by atoms with van der Waals surface area (Å²) in [6, 6.07) is 0.0904. The van der Waals surface area contributed by atoms with Gasteiger partial charge in [-0.2, -0.15) is 5.10 Å². The topological polar surface area (TPSA) is 121 Å². The van der Waals surface area contributed by atoms with Gasteiger partial charge in [0.15, 0.2) is 17.2 Å². The van der Waals surface area contributed by atoms with Gasteiger partial charge < -0.3 is 10.3 Å². The monoisotopic (exact) mass is 418 g/mol. The van der Waals surface area contributed by atoms with Gasteiger partial charge in [0.2, 0.25) is 0 Å². The number of nitrogens with zero attached hydrogens (tertiary/aromatic N) is 7. The number of aryl methyl sites for hydroxylation is 1. The maximum atomic E-state index is 6.26. The summed E-state index contributed by atoms with van der Waals surface area (Å²) in [7, 11) is 0. The Morgan fingerprint density at radius 3 is 2.52 bits per heavy atom. The molecule has 9 nitrogen and oxygen atoms in total. The molecule has 1 aliphatic carbocycles. The van der Waals surface area contributed by atoms with Crippen LogP contribution in [-0.2, 0) is 0 Å². The molecule has 0 saturated heterocycles. The Labute approximate surface area is 180 Å². The molecule has 160 valence electrons. The van der Waals surface area contributed by atoms with Gasteiger partial charge in [0.05, 0.1) is 10.9 Å². The van der Waals surface area contributed by atoms with Crippen LogP contribution in [-0.4, -0.2) is 34.9 Å². The van der Waals surface area contributed by atoms with Crippen LogP contribution in [0, 0.1) is 6.92 Å². The average molecular weight is 419 g/mol. The Morgan fingerprint density at radius 2 is 1.87 bits per heavy atom. The first-order valence-electron chi connectivity index (χ1n) is 10.7. The first-order valence-corrected chi connectivity index (χ1v) is 10.7. The number of nitrogen functional groups attached to an aromatic ring is 1. The molecule has 9 heteroatoms. The molecule has 4 aromatic rings. The first-order chi connectivity index (χ1) is 14.9. The molecule has 1 fully saturated rings. The molecule has 2 N–H and O–H groups in total. The lowest BCUT2D eigenvalue weighted by molar-refractivity contribution is 0.386. The number of anilines is 1. The SMILES string of the molecule is Cc1nc(-c2c(-c3nn(C(C)C)c4ncnc(N)c34)noc2C2CC2)ncc1C(C)C. The summed E-state index contributed by atoms with van der Waals surface area (Å²) < 4.78 is 7.68. The fourth-order valence-electron chi connectivity index (χ4n) is 3.99. The van der Waals surface area contributed by atoms with Gasteiger partial charge in [-0.05, 0) is 45.1 Å². The smallest absolute Gasteiger partial charge is 0.165 e. The molecule has 0 spiro atoms. The average Bonchev–Trinajstić information content (AvgIpc) is 3.34. The second kappa shape index (κ2) is 7.11. The molecular weight excluding hydrogens is 392 g/mol. The van der Waals surface area contributed by atoms with Crippen LogP contribution in [0.1, 0.15) is 75.4 Å². The van der Waals surface area contributed by atoms with E-state index in [1.165, 1.54) is 6.33 Å². The van der Waals surface area contributed by atoms with Crippen LogP contribution in [0.5, 0.6) is 0 Å². The maximum Gasteiger partial charge on any atom is 0.165 e. The lowest BCUT2D eigenvalue weighted by atomic mass is 10.0. The van der Waals surface area contributed by atoms with E-state index in [4.69, 9.17) is 25.3 Å². The molecule has 5 rings (SSSR count). The van der Waals surface area contributed by atoms with Crippen molar-refractivity contribution in [2.24, 2.45) is 0 Å². The molecule has 0 unspecified atom stereocenters. The number of hydrogen-bond donors (Lipinski definition) is 1. The minimum atomic E-state index is 0.0904. The summed E-state index contributed by atoms with van der Waals surface area (Å²) >= 11 is 0. The predicted octanol–water partition coefficient (Wildman–Crippen LogP) is 4.41. The van der Waals surface area contributed by atoms with Gasteiger partial charge in [-0.1, -0.05) is 19.0 Å². The van der Waals surface area contributed by atoms with Crippen LogP contribution in [0.25, 0.3) is 33.8 Å². The van der Waals surface area contributed by atoms with Crippen LogP contribution in [0.4, 0.5) is 5.82 Å². The van der Waals surface area contributed by atoms with Crippen molar-refractivity contribution in [3.05, 3.63) is 29.5 Å². The van der Waals surface area contributed by atoms with E-state index in [1.54, 1.807) is 0 Å². The van der Waals surface area contributed by atoms with Crippen molar-refractivity contribution in [1.82, 2.24) is 34.9 Å². The lowest BCUT2D eigenvalue weighted by Gasteiger charge is -2.10. The van der Waals surface area contributed by atoms with Crippen molar-refractivity contribution in [2.45, 2.75) is 65.3 Å². The van der Waals surface area contributed by atoms with Crippen molar-refractivity contribution in [3.63, 3.8) is 0 Å². The van der Waals surface area contributed by atoms with Crippen LogP contribution in [0.2, 0.25) is 0 Å². The summed E-state index contributed by atoms with van der Waals surface area (Å²) in [5.41, 5.74) is 11.0. The molecule has 31 heavy (non-hydrogen) atoms. The first kappa shape index (κ1) is 19.6. The van der Waals surface area contributed by atoms with Gasteiger partial charge in [0.1, 0.15) is 23.5 Å². The zero-order valence-corrected chi connectivity index (χ0v) is 18.4. The van der Waals surface area contributed by atoms with Gasteiger partial charge in [-0.15, -0.1) is 0 Å². The minimum Gasteiger partial charge on any atom is -0.383 e. The van der Waals surface area contributed by atoms with E-state index in [2.05, 4.69) is 29.0 Å². The van der Waals surface area contributed by atoms with Crippen LogP contribution < -0.4 is 5.73 Å². The molecule has 4 aromatic heterocycles. The fourth-order valence-corrected chi connectivity index (χ4v) is 3.99. The van der Waals surface area contributed by atoms with Gasteiger partial charge in [0, 0.05) is 23.9 Å². The number of aromatic nitrogens is 7. The number of rotatable bonds is 5. The van der Waals surface area contributed by atoms with E-state index < -0.39 is 0 Å². The standard InChI is InChI=1S/C22H26N8O/c1-10(2)14-8-24-21(27-12(14)5)15-18(29-31-19(15)13-6-7-13)17-16-20(23)25-9-26-22(16)30(28-17)11(3)4/h8-11,13H,6-7H2,1-5H3,(H2,23,25,26). The Morgan fingerprint density at radius 1 is 1.10 bits per heavy atom. The van der Waals surface area contributed by atoms with Crippen LogP contribution >= 0.6 is 0 Å². The lowest BCUT2D eigenvalue weighted by Crippen LogP contribution is -2.04. The third-order valence-corrected chi connectivity index (χ3v) is 5.76. The van der Waals surface area contributed by atoms with Gasteiger partial charge >= 0.3 is 0 Å². The third-order valence-electron chi connectivity index (χ3n) is 5.76. The number of nitrogens with two attached hydrogens (primary N) is 1. The van der Waals surface area contributed by atoms with E-state index in [1.807, 2.05) is 31.6 Å².